The van der Waals surface area contributed by atoms with Crippen molar-refractivity contribution in [3.63, 3.8) is 0 Å². The van der Waals surface area contributed by atoms with Gasteiger partial charge in [0.15, 0.2) is 0 Å². The molecule has 0 aliphatic carbocycles. The Hall–Kier alpha value is -2.09. The normalized spacial score (nSPS) is 15.8. The van der Waals surface area contributed by atoms with Crippen LogP contribution < -0.4 is 0 Å². The highest BCUT2D eigenvalue weighted by Gasteiger charge is 2.29. The van der Waals surface area contributed by atoms with Crippen LogP contribution in [0.5, 0.6) is 5.75 Å². The molecule has 1 N–H and O–H groups in total. The molecule has 1 aliphatic rings. The first kappa shape index (κ1) is 18.7. The van der Waals surface area contributed by atoms with Gasteiger partial charge in [-0.15, -0.1) is 0 Å². The van der Waals surface area contributed by atoms with Crippen molar-refractivity contribution in [2.45, 2.75) is 5.75 Å². The van der Waals surface area contributed by atoms with Gasteiger partial charge in [0.05, 0.1) is 10.8 Å². The monoisotopic (exact) mass is 394 g/mol. The summed E-state index contributed by atoms with van der Waals surface area (Å²) in [5, 5.41) is 9.56. The van der Waals surface area contributed by atoms with Crippen molar-refractivity contribution < 1.29 is 18.3 Å². The third-order valence-corrected chi connectivity index (χ3v) is 6.46. The largest absolute Gasteiger partial charge is 0.506 e. The Morgan fingerprint density at radius 1 is 1.04 bits per heavy atom. The molecule has 26 heavy (non-hydrogen) atoms. The summed E-state index contributed by atoms with van der Waals surface area (Å²) in [6.07, 6.45) is 0. The molecule has 0 radical (unpaired) electrons. The average molecular weight is 395 g/mol. The van der Waals surface area contributed by atoms with Gasteiger partial charge in [0.2, 0.25) is 10.0 Å². The van der Waals surface area contributed by atoms with Gasteiger partial charge < -0.3 is 10.0 Å². The molecule has 3 rings (SSSR count). The van der Waals surface area contributed by atoms with Gasteiger partial charge in [-0.05, 0) is 23.8 Å². The highest BCUT2D eigenvalue weighted by atomic mass is 35.5. The molecule has 1 aliphatic heterocycles. The van der Waals surface area contributed by atoms with E-state index in [9.17, 15) is 18.3 Å². The SMILES string of the molecule is O=C(c1ccc(O)c(Cl)c1)N1CCN(S(=O)(=O)Cc2ccccc2)CC1. The van der Waals surface area contributed by atoms with E-state index >= 15 is 0 Å². The van der Waals surface area contributed by atoms with Gasteiger partial charge in [0, 0.05) is 31.7 Å². The van der Waals surface area contributed by atoms with Crippen molar-refractivity contribution in [2.75, 3.05) is 26.2 Å². The number of amides is 1. The second-order valence-corrected chi connectivity index (χ2v) is 8.48. The van der Waals surface area contributed by atoms with Crippen LogP contribution >= 0.6 is 11.6 Å². The number of benzene rings is 2. The first-order chi connectivity index (χ1) is 12.4. The number of aromatic hydroxyl groups is 1. The van der Waals surface area contributed by atoms with Crippen LogP contribution in [-0.2, 0) is 15.8 Å². The van der Waals surface area contributed by atoms with E-state index in [1.54, 1.807) is 17.0 Å². The number of rotatable bonds is 4. The van der Waals surface area contributed by atoms with E-state index in [1.165, 1.54) is 22.5 Å². The number of halogens is 1. The molecule has 0 atom stereocenters. The molecule has 1 fully saturated rings. The molecule has 1 saturated heterocycles. The summed E-state index contributed by atoms with van der Waals surface area (Å²) in [6, 6.07) is 13.3. The van der Waals surface area contributed by atoms with Crippen LogP contribution in [0.25, 0.3) is 0 Å². The van der Waals surface area contributed by atoms with E-state index in [0.29, 0.717) is 18.7 Å². The first-order valence-corrected chi connectivity index (χ1v) is 10.1. The molecule has 2 aromatic carbocycles. The van der Waals surface area contributed by atoms with Crippen molar-refractivity contribution in [1.29, 1.82) is 0 Å². The number of carbonyl (C=O) groups excluding carboxylic acids is 1. The fourth-order valence-electron chi connectivity index (χ4n) is 2.87. The third-order valence-electron chi connectivity index (χ3n) is 4.31. The fourth-order valence-corrected chi connectivity index (χ4v) is 4.56. The van der Waals surface area contributed by atoms with Crippen LogP contribution in [0.4, 0.5) is 0 Å². The predicted octanol–water partition coefficient (Wildman–Crippen LogP) is 2.33. The van der Waals surface area contributed by atoms with E-state index in [4.69, 9.17) is 11.6 Å². The molecule has 0 spiro atoms. The summed E-state index contributed by atoms with van der Waals surface area (Å²) in [7, 11) is -3.42. The molecule has 0 aromatic heterocycles. The minimum absolute atomic E-state index is 0.0463. The zero-order valence-corrected chi connectivity index (χ0v) is 15.6. The predicted molar refractivity (Wildman–Crippen MR) is 99.7 cm³/mol. The third kappa shape index (κ3) is 4.17. The van der Waals surface area contributed by atoms with Gasteiger partial charge >= 0.3 is 0 Å². The molecule has 2 aromatic rings. The van der Waals surface area contributed by atoms with Crippen molar-refractivity contribution in [2.24, 2.45) is 0 Å². The van der Waals surface area contributed by atoms with E-state index in [0.717, 1.165) is 5.56 Å². The van der Waals surface area contributed by atoms with Crippen LogP contribution in [-0.4, -0.2) is 54.8 Å². The molecule has 1 amide bonds. The van der Waals surface area contributed by atoms with E-state index in [1.807, 2.05) is 18.2 Å². The van der Waals surface area contributed by atoms with Crippen LogP contribution in [0.15, 0.2) is 48.5 Å². The molecule has 138 valence electrons. The maximum atomic E-state index is 12.6. The Morgan fingerprint density at radius 3 is 2.31 bits per heavy atom. The number of sulfonamides is 1. The standard InChI is InChI=1S/C18H19ClN2O4S/c19-16-12-15(6-7-17(16)22)18(23)20-8-10-21(11-9-20)26(24,25)13-14-4-2-1-3-5-14/h1-7,12,22H,8-11,13H2. The number of hydrogen-bond donors (Lipinski definition) is 1. The van der Waals surface area contributed by atoms with E-state index in [-0.39, 0.29) is 35.5 Å². The number of piperazine rings is 1. The number of phenols is 1. The smallest absolute Gasteiger partial charge is 0.253 e. The average Bonchev–Trinajstić information content (AvgIpc) is 2.64. The fraction of sp³-hybridized carbons (Fsp3) is 0.278. The second-order valence-electron chi connectivity index (χ2n) is 6.10. The summed E-state index contributed by atoms with van der Waals surface area (Å²) in [4.78, 5) is 14.1. The van der Waals surface area contributed by atoms with Crippen LogP contribution in [0.1, 0.15) is 15.9 Å². The Balaban J connectivity index is 1.63. The maximum absolute atomic E-state index is 12.6. The minimum atomic E-state index is -3.42. The summed E-state index contributed by atoms with van der Waals surface area (Å²) in [6.45, 7) is 1.14. The number of nitrogens with zero attached hydrogens (tertiary/aromatic N) is 2. The Labute approximate surface area is 157 Å². The molecule has 8 heteroatoms. The summed E-state index contributed by atoms with van der Waals surface area (Å²) in [5.74, 6) is -0.359. The highest BCUT2D eigenvalue weighted by Crippen LogP contribution is 2.24. The van der Waals surface area contributed by atoms with Crippen LogP contribution in [0, 0.1) is 0 Å². The number of hydrogen-bond acceptors (Lipinski definition) is 4. The van der Waals surface area contributed by atoms with Crippen LogP contribution in [0.3, 0.4) is 0 Å². The van der Waals surface area contributed by atoms with Gasteiger partial charge in [0.25, 0.3) is 5.91 Å². The Bertz CT molecular complexity index is 895. The van der Waals surface area contributed by atoms with Gasteiger partial charge in [0.1, 0.15) is 5.75 Å². The molecule has 0 bridgehead atoms. The maximum Gasteiger partial charge on any atom is 0.253 e. The molecular formula is C18H19ClN2O4S. The quantitative estimate of drug-likeness (QED) is 0.863. The molecule has 6 nitrogen and oxygen atoms in total. The van der Waals surface area contributed by atoms with Gasteiger partial charge in [-0.25, -0.2) is 8.42 Å². The van der Waals surface area contributed by atoms with E-state index in [2.05, 4.69) is 0 Å². The van der Waals surface area contributed by atoms with Crippen molar-refractivity contribution in [3.05, 3.63) is 64.7 Å². The zero-order chi connectivity index (χ0) is 18.7. The first-order valence-electron chi connectivity index (χ1n) is 8.16. The molecule has 0 unspecified atom stereocenters. The molecule has 0 saturated carbocycles. The van der Waals surface area contributed by atoms with Gasteiger partial charge in [-0.3, -0.25) is 4.79 Å². The minimum Gasteiger partial charge on any atom is -0.506 e. The highest BCUT2D eigenvalue weighted by molar-refractivity contribution is 7.88. The zero-order valence-electron chi connectivity index (χ0n) is 14.0. The van der Waals surface area contributed by atoms with Crippen molar-refractivity contribution >= 4 is 27.5 Å². The summed E-state index contributed by atoms with van der Waals surface area (Å²) < 4.78 is 26.5. The van der Waals surface area contributed by atoms with Gasteiger partial charge in [-0.2, -0.15) is 4.31 Å². The second kappa shape index (κ2) is 7.65. The van der Waals surface area contributed by atoms with Gasteiger partial charge in [-0.1, -0.05) is 41.9 Å². The summed E-state index contributed by atoms with van der Waals surface area (Å²) in [5.41, 5.74) is 1.11. The lowest BCUT2D eigenvalue weighted by Gasteiger charge is -2.34. The number of carbonyl (C=O) groups is 1. The topological polar surface area (TPSA) is 77.9 Å². The van der Waals surface area contributed by atoms with E-state index < -0.39 is 10.0 Å². The lowest BCUT2D eigenvalue weighted by molar-refractivity contribution is 0.0698. The lowest BCUT2D eigenvalue weighted by Crippen LogP contribution is -2.50. The van der Waals surface area contributed by atoms with Crippen molar-refractivity contribution in [3.8, 4) is 5.75 Å². The summed E-state index contributed by atoms with van der Waals surface area (Å²) >= 11 is 5.85. The number of phenolic OH excluding ortho intramolecular Hbond substituents is 1. The lowest BCUT2D eigenvalue weighted by atomic mass is 10.2. The molecular weight excluding hydrogens is 376 g/mol. The molecule has 1 heterocycles. The van der Waals surface area contributed by atoms with Crippen molar-refractivity contribution in [1.82, 2.24) is 9.21 Å². The Morgan fingerprint density at radius 2 is 1.69 bits per heavy atom. The Kier molecular flexibility index (Phi) is 5.50. The van der Waals surface area contributed by atoms with Crippen LogP contribution in [0.2, 0.25) is 5.02 Å².